The van der Waals surface area contributed by atoms with Crippen molar-refractivity contribution in [3.05, 3.63) is 33.9 Å². The molecular weight excluding hydrogens is 250 g/mol. The molecule has 6 nitrogen and oxygen atoms in total. The Labute approximate surface area is 110 Å². The molecule has 0 radical (unpaired) electrons. The quantitative estimate of drug-likeness (QED) is 0.667. The number of hydrogen-bond acceptors (Lipinski definition) is 4. The highest BCUT2D eigenvalue weighted by Crippen LogP contribution is 2.28. The standard InChI is InChI=1S/C13H15NO5/c15-13(16)11-7-6-10(8-12(11)14(17)18)19-9-4-2-1-3-5-9/h6-9H,1-5H2,(H,15,16). The number of nitro groups is 1. The Morgan fingerprint density at radius 1 is 1.32 bits per heavy atom. The van der Waals surface area contributed by atoms with Crippen molar-refractivity contribution in [1.29, 1.82) is 0 Å². The average molecular weight is 265 g/mol. The molecule has 1 N–H and O–H groups in total. The second-order valence-electron chi connectivity index (χ2n) is 4.62. The van der Waals surface area contributed by atoms with E-state index in [1.54, 1.807) is 0 Å². The van der Waals surface area contributed by atoms with Gasteiger partial charge in [0.15, 0.2) is 0 Å². The molecule has 1 saturated carbocycles. The van der Waals surface area contributed by atoms with Gasteiger partial charge in [0.2, 0.25) is 0 Å². The Morgan fingerprint density at radius 3 is 2.58 bits per heavy atom. The van der Waals surface area contributed by atoms with Gasteiger partial charge in [0, 0.05) is 0 Å². The summed E-state index contributed by atoms with van der Waals surface area (Å²) >= 11 is 0. The summed E-state index contributed by atoms with van der Waals surface area (Å²) in [5.41, 5.74) is -0.748. The first-order valence-electron chi connectivity index (χ1n) is 6.26. The van der Waals surface area contributed by atoms with Crippen LogP contribution < -0.4 is 4.74 Å². The summed E-state index contributed by atoms with van der Waals surface area (Å²) in [6, 6.07) is 3.89. The van der Waals surface area contributed by atoms with E-state index < -0.39 is 16.6 Å². The summed E-state index contributed by atoms with van der Waals surface area (Å²) in [6.45, 7) is 0. The van der Waals surface area contributed by atoms with Gasteiger partial charge >= 0.3 is 5.97 Å². The number of nitrogens with zero attached hydrogens (tertiary/aromatic N) is 1. The zero-order valence-electron chi connectivity index (χ0n) is 10.4. The minimum absolute atomic E-state index is 0.0732. The predicted molar refractivity (Wildman–Crippen MR) is 67.6 cm³/mol. The molecule has 19 heavy (non-hydrogen) atoms. The van der Waals surface area contributed by atoms with E-state index in [2.05, 4.69) is 0 Å². The zero-order chi connectivity index (χ0) is 13.8. The minimum atomic E-state index is -1.31. The van der Waals surface area contributed by atoms with E-state index in [1.165, 1.54) is 24.6 Å². The van der Waals surface area contributed by atoms with Crippen LogP contribution in [-0.2, 0) is 0 Å². The van der Waals surface area contributed by atoms with Crippen LogP contribution in [0, 0.1) is 10.1 Å². The van der Waals surface area contributed by atoms with Gasteiger partial charge in [0.1, 0.15) is 11.3 Å². The lowest BCUT2D eigenvalue weighted by Gasteiger charge is -2.22. The summed E-state index contributed by atoms with van der Waals surface area (Å²) in [6.07, 6.45) is 5.34. The number of carboxylic acid groups (broad SMARTS) is 1. The van der Waals surface area contributed by atoms with Gasteiger partial charge in [0.05, 0.1) is 17.1 Å². The molecule has 1 fully saturated rings. The van der Waals surface area contributed by atoms with Crippen molar-refractivity contribution in [2.45, 2.75) is 38.2 Å². The van der Waals surface area contributed by atoms with Gasteiger partial charge in [-0.2, -0.15) is 0 Å². The summed E-state index contributed by atoms with van der Waals surface area (Å²) < 4.78 is 5.68. The molecule has 0 aliphatic heterocycles. The van der Waals surface area contributed by atoms with E-state index in [1.807, 2.05) is 0 Å². The van der Waals surface area contributed by atoms with E-state index in [0.29, 0.717) is 5.75 Å². The lowest BCUT2D eigenvalue weighted by atomic mass is 9.98. The number of hydrogen-bond donors (Lipinski definition) is 1. The van der Waals surface area contributed by atoms with Crippen LogP contribution in [0.2, 0.25) is 0 Å². The van der Waals surface area contributed by atoms with E-state index in [-0.39, 0.29) is 11.7 Å². The lowest BCUT2D eigenvalue weighted by molar-refractivity contribution is -0.385. The van der Waals surface area contributed by atoms with Crippen LogP contribution in [0.25, 0.3) is 0 Å². The highest BCUT2D eigenvalue weighted by molar-refractivity contribution is 5.92. The third kappa shape index (κ3) is 3.21. The molecule has 0 bridgehead atoms. The number of nitro benzene ring substituents is 1. The van der Waals surface area contributed by atoms with Gasteiger partial charge < -0.3 is 9.84 Å². The fraction of sp³-hybridized carbons (Fsp3) is 0.462. The maximum Gasteiger partial charge on any atom is 0.342 e. The molecule has 0 atom stereocenters. The number of ether oxygens (including phenoxy) is 1. The Kier molecular flexibility index (Phi) is 3.99. The maximum atomic E-state index is 10.9. The molecule has 0 spiro atoms. The van der Waals surface area contributed by atoms with E-state index in [0.717, 1.165) is 25.7 Å². The highest BCUT2D eigenvalue weighted by atomic mass is 16.6. The fourth-order valence-corrected chi connectivity index (χ4v) is 2.29. The molecular formula is C13H15NO5. The van der Waals surface area contributed by atoms with Crippen molar-refractivity contribution in [2.24, 2.45) is 0 Å². The van der Waals surface area contributed by atoms with Crippen LogP contribution in [-0.4, -0.2) is 22.1 Å². The second kappa shape index (κ2) is 5.69. The average Bonchev–Trinajstić information content (AvgIpc) is 2.39. The number of benzene rings is 1. The Bertz CT molecular complexity index is 494. The van der Waals surface area contributed by atoms with Crippen molar-refractivity contribution < 1.29 is 19.6 Å². The number of aromatic carboxylic acids is 1. The SMILES string of the molecule is O=C(O)c1ccc(OC2CCCCC2)cc1[N+](=O)[O-]. The van der Waals surface area contributed by atoms with Crippen LogP contribution in [0.15, 0.2) is 18.2 Å². The molecule has 102 valence electrons. The first kappa shape index (κ1) is 13.3. The molecule has 1 aliphatic carbocycles. The smallest absolute Gasteiger partial charge is 0.342 e. The molecule has 2 rings (SSSR count). The van der Waals surface area contributed by atoms with Gasteiger partial charge in [-0.15, -0.1) is 0 Å². The zero-order valence-corrected chi connectivity index (χ0v) is 10.4. The molecule has 6 heteroatoms. The fourth-order valence-electron chi connectivity index (χ4n) is 2.29. The van der Waals surface area contributed by atoms with Crippen LogP contribution in [0.1, 0.15) is 42.5 Å². The normalized spacial score (nSPS) is 16.0. The molecule has 0 unspecified atom stereocenters. The first-order chi connectivity index (χ1) is 9.08. The van der Waals surface area contributed by atoms with Crippen molar-refractivity contribution in [2.75, 3.05) is 0 Å². The number of rotatable bonds is 4. The summed E-state index contributed by atoms with van der Waals surface area (Å²) in [5.74, 6) is -0.945. The number of carbonyl (C=O) groups is 1. The second-order valence-corrected chi connectivity index (χ2v) is 4.62. The highest BCUT2D eigenvalue weighted by Gasteiger charge is 2.22. The molecule has 1 aliphatic rings. The van der Waals surface area contributed by atoms with Crippen LogP contribution in [0.5, 0.6) is 5.75 Å². The summed E-state index contributed by atoms with van der Waals surface area (Å²) in [7, 11) is 0. The van der Waals surface area contributed by atoms with Crippen molar-refractivity contribution >= 4 is 11.7 Å². The summed E-state index contributed by atoms with van der Waals surface area (Å²) in [4.78, 5) is 21.0. The predicted octanol–water partition coefficient (Wildman–Crippen LogP) is 3.00. The molecule has 0 heterocycles. The molecule has 1 aromatic carbocycles. The largest absolute Gasteiger partial charge is 0.490 e. The lowest BCUT2D eigenvalue weighted by Crippen LogP contribution is -2.19. The molecule has 0 amide bonds. The van der Waals surface area contributed by atoms with E-state index in [4.69, 9.17) is 9.84 Å². The monoisotopic (exact) mass is 265 g/mol. The van der Waals surface area contributed by atoms with E-state index in [9.17, 15) is 14.9 Å². The van der Waals surface area contributed by atoms with Crippen molar-refractivity contribution in [3.8, 4) is 5.75 Å². The van der Waals surface area contributed by atoms with Crippen LogP contribution in [0.3, 0.4) is 0 Å². The minimum Gasteiger partial charge on any atom is -0.490 e. The van der Waals surface area contributed by atoms with Gasteiger partial charge in [-0.25, -0.2) is 4.79 Å². The Balaban J connectivity index is 2.20. The van der Waals surface area contributed by atoms with Gasteiger partial charge in [-0.05, 0) is 37.8 Å². The molecule has 0 saturated heterocycles. The topological polar surface area (TPSA) is 89.7 Å². The van der Waals surface area contributed by atoms with Gasteiger partial charge in [-0.3, -0.25) is 10.1 Å². The molecule has 0 aromatic heterocycles. The third-order valence-corrected chi connectivity index (χ3v) is 3.25. The van der Waals surface area contributed by atoms with Crippen LogP contribution in [0.4, 0.5) is 5.69 Å². The van der Waals surface area contributed by atoms with Gasteiger partial charge in [0.25, 0.3) is 5.69 Å². The van der Waals surface area contributed by atoms with Crippen molar-refractivity contribution in [3.63, 3.8) is 0 Å². The van der Waals surface area contributed by atoms with Crippen molar-refractivity contribution in [1.82, 2.24) is 0 Å². The molecule has 1 aromatic rings. The van der Waals surface area contributed by atoms with Crippen LogP contribution >= 0.6 is 0 Å². The Morgan fingerprint density at radius 2 is 2.00 bits per heavy atom. The summed E-state index contributed by atoms with van der Waals surface area (Å²) in [5, 5.41) is 19.7. The first-order valence-corrected chi connectivity index (χ1v) is 6.26. The number of carboxylic acids is 1. The maximum absolute atomic E-state index is 10.9. The Hall–Kier alpha value is -2.11. The van der Waals surface area contributed by atoms with E-state index >= 15 is 0 Å². The third-order valence-electron chi connectivity index (χ3n) is 3.25. The van der Waals surface area contributed by atoms with Gasteiger partial charge in [-0.1, -0.05) is 6.42 Å².